The molecule has 1 amide bonds. The first kappa shape index (κ1) is 23.9. The van der Waals surface area contributed by atoms with Gasteiger partial charge in [0, 0.05) is 32.2 Å². The summed E-state index contributed by atoms with van der Waals surface area (Å²) in [5, 5.41) is -0.110. The van der Waals surface area contributed by atoms with Crippen molar-refractivity contribution in [3.05, 3.63) is 57.9 Å². The first-order valence-electron chi connectivity index (χ1n) is 11.3. The molecule has 4 rings (SSSR count). The van der Waals surface area contributed by atoms with E-state index in [0.717, 1.165) is 47.8 Å². The summed E-state index contributed by atoms with van der Waals surface area (Å²) in [6, 6.07) is 7.04. The zero-order valence-electron chi connectivity index (χ0n) is 18.5. The number of carbonyl (C=O) groups is 1. The van der Waals surface area contributed by atoms with E-state index in [1.54, 1.807) is 11.0 Å². The summed E-state index contributed by atoms with van der Waals surface area (Å²) in [4.78, 5) is 15.6. The van der Waals surface area contributed by atoms with Crippen molar-refractivity contribution in [1.82, 2.24) is 0 Å². The van der Waals surface area contributed by atoms with E-state index in [0.29, 0.717) is 37.5 Å². The molecule has 0 spiro atoms. The largest absolute Gasteiger partial charge is 0.418 e. The van der Waals surface area contributed by atoms with Crippen molar-refractivity contribution >= 4 is 28.9 Å². The summed E-state index contributed by atoms with van der Waals surface area (Å²) < 4.78 is 55.7. The van der Waals surface area contributed by atoms with E-state index in [1.165, 1.54) is 25.2 Å². The average Bonchev–Trinajstić information content (AvgIpc) is 3.29. The minimum absolute atomic E-state index is 0.110. The summed E-state index contributed by atoms with van der Waals surface area (Å²) in [5.74, 6) is -0.219. The van der Waals surface area contributed by atoms with Crippen molar-refractivity contribution in [1.29, 1.82) is 0 Å². The quantitative estimate of drug-likeness (QED) is 0.428. The van der Waals surface area contributed by atoms with Crippen LogP contribution in [0.4, 0.5) is 28.9 Å². The number of alkyl halides is 3. The highest BCUT2D eigenvalue weighted by Gasteiger charge is 2.38. The number of nitrogens with zero attached hydrogens (tertiary/aromatic N) is 2. The Kier molecular flexibility index (Phi) is 6.89. The predicted molar refractivity (Wildman–Crippen MR) is 122 cm³/mol. The smallest absolute Gasteiger partial charge is 0.367 e. The molecule has 0 N–H and O–H groups in total. The van der Waals surface area contributed by atoms with Crippen LogP contribution >= 0.6 is 11.6 Å². The second-order valence-electron chi connectivity index (χ2n) is 9.05. The Balaban J connectivity index is 1.59. The Hall–Kier alpha value is -2.28. The molecule has 33 heavy (non-hydrogen) atoms. The summed E-state index contributed by atoms with van der Waals surface area (Å²) in [7, 11) is 1.36. The molecule has 0 unspecified atom stereocenters. The summed E-state index contributed by atoms with van der Waals surface area (Å²) in [6.45, 7) is 0.804. The molecule has 8 heteroatoms. The first-order chi connectivity index (χ1) is 15.6. The lowest BCUT2D eigenvalue weighted by Crippen LogP contribution is -2.32. The second-order valence-corrected chi connectivity index (χ2v) is 9.46. The van der Waals surface area contributed by atoms with E-state index in [4.69, 9.17) is 11.6 Å². The number of halogens is 5. The Labute approximate surface area is 196 Å². The van der Waals surface area contributed by atoms with Crippen LogP contribution in [0.2, 0.25) is 5.02 Å². The zero-order chi connectivity index (χ0) is 23.8. The molecule has 0 radical (unpaired) electrons. The number of anilines is 2. The van der Waals surface area contributed by atoms with Gasteiger partial charge in [-0.05, 0) is 54.2 Å². The Bertz CT molecular complexity index is 1030. The number of fused-ring (bicyclic) bond motifs is 1. The molecule has 1 saturated carbocycles. The highest BCUT2D eigenvalue weighted by molar-refractivity contribution is 6.34. The van der Waals surface area contributed by atoms with Gasteiger partial charge in [-0.3, -0.25) is 4.79 Å². The van der Waals surface area contributed by atoms with E-state index in [2.05, 4.69) is 0 Å². The Morgan fingerprint density at radius 1 is 1.15 bits per heavy atom. The average molecular weight is 483 g/mol. The topological polar surface area (TPSA) is 23.6 Å². The lowest BCUT2D eigenvalue weighted by atomic mass is 9.98. The van der Waals surface area contributed by atoms with Gasteiger partial charge in [0.15, 0.2) is 0 Å². The fourth-order valence-corrected chi connectivity index (χ4v) is 5.33. The molecular weight excluding hydrogens is 456 g/mol. The van der Waals surface area contributed by atoms with Gasteiger partial charge in [-0.1, -0.05) is 43.4 Å². The van der Waals surface area contributed by atoms with Gasteiger partial charge in [0.1, 0.15) is 5.82 Å². The van der Waals surface area contributed by atoms with Gasteiger partial charge in [0.2, 0.25) is 5.91 Å². The molecule has 2 aromatic carbocycles. The fraction of sp³-hybridized carbons (Fsp3) is 0.480. The third kappa shape index (κ3) is 5.29. The van der Waals surface area contributed by atoms with E-state index in [-0.39, 0.29) is 28.9 Å². The molecule has 2 aromatic rings. The number of benzene rings is 2. The molecular formula is C25H27ClF4N2O. The maximum absolute atomic E-state index is 14.1. The first-order valence-corrected chi connectivity index (χ1v) is 11.7. The van der Waals surface area contributed by atoms with Crippen LogP contribution in [0.3, 0.4) is 0 Å². The van der Waals surface area contributed by atoms with Gasteiger partial charge in [0.05, 0.1) is 16.3 Å². The molecule has 1 fully saturated rings. The molecule has 1 aliphatic heterocycles. The lowest BCUT2D eigenvalue weighted by molar-refractivity contribution is -0.137. The maximum atomic E-state index is 14.1. The van der Waals surface area contributed by atoms with Gasteiger partial charge in [-0.25, -0.2) is 4.39 Å². The van der Waals surface area contributed by atoms with E-state index in [9.17, 15) is 22.4 Å². The van der Waals surface area contributed by atoms with E-state index >= 15 is 0 Å². The molecule has 2 aliphatic rings. The molecule has 0 bridgehead atoms. The molecule has 1 heterocycles. The van der Waals surface area contributed by atoms with Crippen molar-refractivity contribution in [3.63, 3.8) is 0 Å². The van der Waals surface area contributed by atoms with Crippen molar-refractivity contribution in [2.75, 3.05) is 23.4 Å². The molecule has 0 aromatic heterocycles. The van der Waals surface area contributed by atoms with Crippen molar-refractivity contribution in [2.24, 2.45) is 5.92 Å². The molecule has 1 aliphatic carbocycles. The van der Waals surface area contributed by atoms with Crippen LogP contribution in [0.1, 0.15) is 55.2 Å². The minimum atomic E-state index is -4.67. The minimum Gasteiger partial charge on any atom is -0.367 e. The number of rotatable bonds is 5. The second kappa shape index (κ2) is 9.53. The van der Waals surface area contributed by atoms with E-state index < -0.39 is 11.7 Å². The summed E-state index contributed by atoms with van der Waals surface area (Å²) in [5.41, 5.74) is 0.835. The van der Waals surface area contributed by atoms with Crippen LogP contribution in [0.25, 0.3) is 0 Å². The molecule has 178 valence electrons. The SMILES string of the molecule is CN(C(=O)CCC1CCCC1)c1c(Cl)cc(N2CCc3cc(F)ccc3C2)cc1C(F)(F)F. The van der Waals surface area contributed by atoms with Crippen LogP contribution < -0.4 is 9.80 Å². The highest BCUT2D eigenvalue weighted by atomic mass is 35.5. The highest BCUT2D eigenvalue weighted by Crippen LogP contribution is 2.44. The Morgan fingerprint density at radius 3 is 2.58 bits per heavy atom. The zero-order valence-corrected chi connectivity index (χ0v) is 19.3. The van der Waals surface area contributed by atoms with Crippen molar-refractivity contribution in [2.45, 2.75) is 57.7 Å². The van der Waals surface area contributed by atoms with Gasteiger partial charge in [-0.2, -0.15) is 13.2 Å². The number of hydrogen-bond acceptors (Lipinski definition) is 2. The van der Waals surface area contributed by atoms with Crippen molar-refractivity contribution < 1.29 is 22.4 Å². The third-order valence-electron chi connectivity index (χ3n) is 6.85. The van der Waals surface area contributed by atoms with Gasteiger partial charge in [-0.15, -0.1) is 0 Å². The van der Waals surface area contributed by atoms with Crippen LogP contribution in [-0.4, -0.2) is 19.5 Å². The van der Waals surface area contributed by atoms with Gasteiger partial charge >= 0.3 is 6.18 Å². The predicted octanol–water partition coefficient (Wildman–Crippen LogP) is 6.99. The maximum Gasteiger partial charge on any atom is 0.418 e. The van der Waals surface area contributed by atoms with Crippen LogP contribution in [0.5, 0.6) is 0 Å². The number of carbonyl (C=O) groups excluding carboxylic acids is 1. The Morgan fingerprint density at radius 2 is 1.88 bits per heavy atom. The van der Waals surface area contributed by atoms with E-state index in [1.807, 2.05) is 0 Å². The van der Waals surface area contributed by atoms with Crippen LogP contribution in [0, 0.1) is 11.7 Å². The van der Waals surface area contributed by atoms with Crippen molar-refractivity contribution in [3.8, 4) is 0 Å². The normalized spacial score (nSPS) is 16.7. The van der Waals surface area contributed by atoms with Crippen LogP contribution in [0.15, 0.2) is 30.3 Å². The van der Waals surface area contributed by atoms with Gasteiger partial charge < -0.3 is 9.80 Å². The lowest BCUT2D eigenvalue weighted by Gasteiger charge is -2.32. The fourth-order valence-electron chi connectivity index (χ4n) is 4.99. The third-order valence-corrected chi connectivity index (χ3v) is 7.14. The molecule has 3 nitrogen and oxygen atoms in total. The number of amides is 1. The standard InChI is InChI=1S/C25H27ClF4N2O/c1-31(23(33)9-6-16-4-2-3-5-16)24-21(25(28,29)30)13-20(14-22(24)26)32-11-10-17-12-19(27)8-7-18(17)15-32/h7-8,12-14,16H,2-6,9-11,15H2,1H3. The number of hydrogen-bond donors (Lipinski definition) is 0. The molecule has 0 saturated heterocycles. The summed E-state index contributed by atoms with van der Waals surface area (Å²) in [6.07, 6.45) is 1.19. The monoisotopic (exact) mass is 482 g/mol. The molecule has 0 atom stereocenters. The van der Waals surface area contributed by atoms with Crippen LogP contribution in [-0.2, 0) is 23.9 Å². The summed E-state index contributed by atoms with van der Waals surface area (Å²) >= 11 is 6.38. The van der Waals surface area contributed by atoms with Gasteiger partial charge in [0.25, 0.3) is 0 Å².